The quantitative estimate of drug-likeness (QED) is 0.835. The van der Waals surface area contributed by atoms with Crippen LogP contribution < -0.4 is 0 Å². The molecule has 0 saturated carbocycles. The average molecular weight is 330 g/mol. The fourth-order valence-electron chi connectivity index (χ4n) is 5.07. The third kappa shape index (κ3) is 2.27. The molecule has 0 radical (unpaired) electrons. The molecule has 0 unspecified atom stereocenters. The molecule has 1 aromatic heterocycles. The minimum atomic E-state index is -0.113. The van der Waals surface area contributed by atoms with E-state index in [9.17, 15) is 4.79 Å². The number of fused-ring (bicyclic) bond motifs is 1. The first kappa shape index (κ1) is 16.0. The van der Waals surface area contributed by atoms with Crippen molar-refractivity contribution in [3.63, 3.8) is 0 Å². The van der Waals surface area contributed by atoms with Crippen LogP contribution in [-0.4, -0.2) is 71.1 Å². The van der Waals surface area contributed by atoms with Gasteiger partial charge in [0.05, 0.1) is 35.2 Å². The van der Waals surface area contributed by atoms with Crippen LogP contribution in [0.3, 0.4) is 0 Å². The molecule has 6 heteroatoms. The van der Waals surface area contributed by atoms with Crippen molar-refractivity contribution in [2.45, 2.75) is 38.4 Å². The highest BCUT2D eigenvalue weighted by Crippen LogP contribution is 2.55. The van der Waals surface area contributed by atoms with Crippen molar-refractivity contribution in [3.8, 4) is 0 Å². The van der Waals surface area contributed by atoms with E-state index in [0.29, 0.717) is 30.0 Å². The molecular formula is C18H26N4O2. The molecule has 3 aliphatic heterocycles. The number of rotatable bonds is 3. The first-order chi connectivity index (χ1) is 11.4. The Hall–Kier alpha value is -1.53. The Morgan fingerprint density at radius 3 is 2.75 bits per heavy atom. The summed E-state index contributed by atoms with van der Waals surface area (Å²) in [7, 11) is 4.23. The number of aryl methyl sites for hydroxylation is 2. The van der Waals surface area contributed by atoms with E-state index in [1.807, 2.05) is 18.7 Å². The number of hydrogen-bond acceptors (Lipinski definition) is 5. The maximum atomic E-state index is 13.1. The topological polar surface area (TPSA) is 58.6 Å². The number of ether oxygens (including phenoxy) is 1. The lowest BCUT2D eigenvalue weighted by Gasteiger charge is -2.30. The van der Waals surface area contributed by atoms with Crippen LogP contribution in [-0.2, 0) is 4.74 Å². The molecule has 4 heterocycles. The number of carbonyl (C=O) groups is 1. The normalized spacial score (nSPS) is 34.2. The lowest BCUT2D eigenvalue weighted by atomic mass is 9.73. The maximum Gasteiger partial charge on any atom is 0.257 e. The number of aromatic nitrogens is 2. The second kappa shape index (κ2) is 5.49. The Morgan fingerprint density at radius 2 is 2.08 bits per heavy atom. The van der Waals surface area contributed by atoms with Crippen molar-refractivity contribution in [2.75, 3.05) is 33.7 Å². The van der Waals surface area contributed by atoms with Gasteiger partial charge in [-0.05, 0) is 40.8 Å². The van der Waals surface area contributed by atoms with Crippen molar-refractivity contribution in [1.29, 1.82) is 0 Å². The molecule has 3 aliphatic rings. The SMILES string of the molecule is Cc1ncnc(C)c1C(=O)N1C[C@H]2[C@@H](CN(C)C)[C@@H]3CC[C@@]2(C1)O3. The van der Waals surface area contributed by atoms with Crippen LogP contribution in [0.25, 0.3) is 0 Å². The third-order valence-electron chi connectivity index (χ3n) is 6.09. The van der Waals surface area contributed by atoms with Crippen molar-refractivity contribution >= 4 is 5.91 Å². The second-order valence-electron chi connectivity index (χ2n) is 7.90. The van der Waals surface area contributed by atoms with E-state index in [-0.39, 0.29) is 11.5 Å². The molecule has 1 amide bonds. The second-order valence-corrected chi connectivity index (χ2v) is 7.90. The fourth-order valence-corrected chi connectivity index (χ4v) is 5.07. The van der Waals surface area contributed by atoms with E-state index in [1.54, 1.807) is 0 Å². The van der Waals surface area contributed by atoms with Crippen LogP contribution >= 0.6 is 0 Å². The van der Waals surface area contributed by atoms with Crippen molar-refractivity contribution in [1.82, 2.24) is 19.8 Å². The summed E-state index contributed by atoms with van der Waals surface area (Å²) < 4.78 is 6.42. The summed E-state index contributed by atoms with van der Waals surface area (Å²) in [6.45, 7) is 6.31. The Balaban J connectivity index is 1.59. The fraction of sp³-hybridized carbons (Fsp3) is 0.722. The van der Waals surface area contributed by atoms with Crippen molar-refractivity contribution in [3.05, 3.63) is 23.3 Å². The third-order valence-corrected chi connectivity index (χ3v) is 6.09. The summed E-state index contributed by atoms with van der Waals surface area (Å²) in [6.07, 6.45) is 4.11. The van der Waals surface area contributed by atoms with Crippen LogP contribution in [0.1, 0.15) is 34.6 Å². The summed E-state index contributed by atoms with van der Waals surface area (Å²) >= 11 is 0. The van der Waals surface area contributed by atoms with Crippen LogP contribution in [0, 0.1) is 25.7 Å². The molecule has 4 atom stereocenters. The van der Waals surface area contributed by atoms with E-state index in [0.717, 1.165) is 37.3 Å². The van der Waals surface area contributed by atoms with Crippen LogP contribution in [0.15, 0.2) is 6.33 Å². The van der Waals surface area contributed by atoms with Gasteiger partial charge in [0.2, 0.25) is 0 Å². The maximum absolute atomic E-state index is 13.1. The molecule has 130 valence electrons. The largest absolute Gasteiger partial charge is 0.369 e. The highest BCUT2D eigenvalue weighted by atomic mass is 16.5. The van der Waals surface area contributed by atoms with Gasteiger partial charge in [-0.1, -0.05) is 0 Å². The summed E-state index contributed by atoms with van der Waals surface area (Å²) in [6, 6.07) is 0. The molecular weight excluding hydrogens is 304 g/mol. The molecule has 3 fully saturated rings. The highest BCUT2D eigenvalue weighted by Gasteiger charge is 2.63. The first-order valence-electron chi connectivity index (χ1n) is 8.81. The van der Waals surface area contributed by atoms with Gasteiger partial charge in [0, 0.05) is 24.9 Å². The van der Waals surface area contributed by atoms with Gasteiger partial charge in [0.1, 0.15) is 6.33 Å². The molecule has 0 aromatic carbocycles. The predicted molar refractivity (Wildman–Crippen MR) is 89.8 cm³/mol. The van der Waals surface area contributed by atoms with Gasteiger partial charge in [-0.15, -0.1) is 0 Å². The summed E-state index contributed by atoms with van der Waals surface area (Å²) in [5, 5.41) is 0. The number of hydrogen-bond donors (Lipinski definition) is 0. The lowest BCUT2D eigenvalue weighted by Crippen LogP contribution is -2.40. The first-order valence-corrected chi connectivity index (χ1v) is 8.81. The van der Waals surface area contributed by atoms with Gasteiger partial charge >= 0.3 is 0 Å². The number of carbonyl (C=O) groups excluding carboxylic acids is 1. The molecule has 6 nitrogen and oxygen atoms in total. The molecule has 2 bridgehead atoms. The van der Waals surface area contributed by atoms with Crippen molar-refractivity contribution in [2.24, 2.45) is 11.8 Å². The van der Waals surface area contributed by atoms with Gasteiger partial charge in [0.15, 0.2) is 0 Å². The monoisotopic (exact) mass is 330 g/mol. The Kier molecular flexibility index (Phi) is 3.65. The smallest absolute Gasteiger partial charge is 0.257 e. The molecule has 0 N–H and O–H groups in total. The minimum absolute atomic E-state index is 0.0602. The van der Waals surface area contributed by atoms with E-state index in [4.69, 9.17) is 4.74 Å². The average Bonchev–Trinajstić information content (AvgIpc) is 3.16. The van der Waals surface area contributed by atoms with Crippen molar-refractivity contribution < 1.29 is 9.53 Å². The van der Waals surface area contributed by atoms with Crippen LogP contribution in [0.4, 0.5) is 0 Å². The summed E-state index contributed by atoms with van der Waals surface area (Å²) in [4.78, 5) is 25.7. The Labute approximate surface area is 143 Å². The predicted octanol–water partition coefficient (Wildman–Crippen LogP) is 1.27. The summed E-state index contributed by atoms with van der Waals surface area (Å²) in [5.41, 5.74) is 2.07. The van der Waals surface area contributed by atoms with E-state index < -0.39 is 0 Å². The van der Waals surface area contributed by atoms with Crippen LogP contribution in [0.2, 0.25) is 0 Å². The number of amides is 1. The lowest BCUT2D eigenvalue weighted by molar-refractivity contribution is 0.00253. The van der Waals surface area contributed by atoms with Gasteiger partial charge in [-0.25, -0.2) is 9.97 Å². The minimum Gasteiger partial charge on any atom is -0.369 e. The molecule has 0 aliphatic carbocycles. The van der Waals surface area contributed by atoms with Gasteiger partial charge in [-0.2, -0.15) is 0 Å². The molecule has 1 spiro atoms. The standard InChI is InChI=1S/C18H26N4O2/c1-11-16(12(2)20-10-19-11)17(23)22-8-14-13(7-21(3)4)15-5-6-18(14,9-22)24-15/h10,13-15H,5-9H2,1-4H3/t13-,14+,15+,18+/m1/s1. The zero-order chi connectivity index (χ0) is 17.1. The molecule has 24 heavy (non-hydrogen) atoms. The molecule has 4 rings (SSSR count). The number of likely N-dealkylation sites (tertiary alicyclic amines) is 1. The molecule has 3 saturated heterocycles. The van der Waals surface area contributed by atoms with Crippen LogP contribution in [0.5, 0.6) is 0 Å². The zero-order valence-electron chi connectivity index (χ0n) is 15.0. The number of nitrogens with zero attached hydrogens (tertiary/aromatic N) is 4. The highest BCUT2D eigenvalue weighted by molar-refractivity contribution is 5.96. The molecule has 1 aromatic rings. The van der Waals surface area contributed by atoms with Gasteiger partial charge in [-0.3, -0.25) is 4.79 Å². The van der Waals surface area contributed by atoms with Gasteiger partial charge < -0.3 is 14.5 Å². The van der Waals surface area contributed by atoms with E-state index in [1.165, 1.54) is 6.33 Å². The van der Waals surface area contributed by atoms with E-state index in [2.05, 4.69) is 29.0 Å². The van der Waals surface area contributed by atoms with E-state index >= 15 is 0 Å². The Bertz CT molecular complexity index is 657. The Morgan fingerprint density at radius 1 is 1.38 bits per heavy atom. The van der Waals surface area contributed by atoms with Gasteiger partial charge in [0.25, 0.3) is 5.91 Å². The zero-order valence-corrected chi connectivity index (χ0v) is 15.0. The summed E-state index contributed by atoms with van der Waals surface area (Å²) in [5.74, 6) is 1.04.